The quantitative estimate of drug-likeness (QED) is 0.447. The number of aliphatic imine (C=N–C) groups is 1. The van der Waals surface area contributed by atoms with Gasteiger partial charge in [0.1, 0.15) is 9.88 Å². The molecule has 1 aliphatic rings. The van der Waals surface area contributed by atoms with Crippen molar-refractivity contribution in [2.75, 3.05) is 40.3 Å². The van der Waals surface area contributed by atoms with Crippen molar-refractivity contribution in [1.29, 1.82) is 0 Å². The van der Waals surface area contributed by atoms with Crippen LogP contribution in [0.2, 0.25) is 0 Å². The molecule has 1 saturated heterocycles. The molecule has 146 valence electrons. The highest BCUT2D eigenvalue weighted by atomic mass is 32.1. The van der Waals surface area contributed by atoms with E-state index in [2.05, 4.69) is 32.6 Å². The Bertz CT molecular complexity index is 623. The zero-order valence-corrected chi connectivity index (χ0v) is 17.3. The van der Waals surface area contributed by atoms with Crippen molar-refractivity contribution in [1.82, 2.24) is 20.5 Å². The van der Waals surface area contributed by atoms with Crippen LogP contribution in [-0.2, 0) is 4.74 Å². The molecular formula is C18H31N5O2S. The number of ether oxygens (including phenoxy) is 1. The number of carbonyl (C=O) groups is 1. The van der Waals surface area contributed by atoms with Crippen molar-refractivity contribution in [3.8, 4) is 0 Å². The van der Waals surface area contributed by atoms with E-state index in [1.807, 2.05) is 13.8 Å². The van der Waals surface area contributed by atoms with Crippen LogP contribution < -0.4 is 10.6 Å². The highest BCUT2D eigenvalue weighted by Gasteiger charge is 2.21. The molecule has 26 heavy (non-hydrogen) atoms. The second-order valence-corrected chi connectivity index (χ2v) is 7.78. The lowest BCUT2D eigenvalue weighted by atomic mass is 9.97. The van der Waals surface area contributed by atoms with Gasteiger partial charge < -0.3 is 20.3 Å². The van der Waals surface area contributed by atoms with Crippen LogP contribution in [0.5, 0.6) is 0 Å². The van der Waals surface area contributed by atoms with Crippen LogP contribution in [0.4, 0.5) is 0 Å². The fraction of sp³-hybridized carbons (Fsp3) is 0.722. The third-order valence-corrected chi connectivity index (χ3v) is 5.94. The number of nitrogens with one attached hydrogen (secondary N) is 2. The number of piperidine rings is 1. The van der Waals surface area contributed by atoms with Crippen molar-refractivity contribution >= 4 is 23.3 Å². The van der Waals surface area contributed by atoms with Gasteiger partial charge in [-0.1, -0.05) is 0 Å². The molecule has 0 saturated carbocycles. The number of nitrogens with zero attached hydrogens (tertiary/aromatic N) is 3. The summed E-state index contributed by atoms with van der Waals surface area (Å²) in [5, 5.41) is 7.65. The van der Waals surface area contributed by atoms with Gasteiger partial charge >= 0.3 is 5.97 Å². The van der Waals surface area contributed by atoms with E-state index in [1.54, 1.807) is 14.0 Å². The van der Waals surface area contributed by atoms with Crippen LogP contribution in [-0.4, -0.2) is 62.1 Å². The topological polar surface area (TPSA) is 78.8 Å². The average molecular weight is 382 g/mol. The maximum atomic E-state index is 12.0. The number of esters is 1. The Morgan fingerprint density at radius 2 is 2.15 bits per heavy atom. The number of rotatable bonds is 6. The number of thiazole rings is 1. The van der Waals surface area contributed by atoms with Crippen LogP contribution in [0.25, 0.3) is 0 Å². The van der Waals surface area contributed by atoms with Crippen LogP contribution in [0.15, 0.2) is 4.99 Å². The van der Waals surface area contributed by atoms with Crippen molar-refractivity contribution in [3.63, 3.8) is 0 Å². The van der Waals surface area contributed by atoms with Crippen LogP contribution >= 0.6 is 11.3 Å². The molecule has 2 heterocycles. The van der Waals surface area contributed by atoms with E-state index >= 15 is 0 Å². The third-order valence-electron chi connectivity index (χ3n) is 4.62. The summed E-state index contributed by atoms with van der Waals surface area (Å²) in [7, 11) is 3.94. The maximum absolute atomic E-state index is 12.0. The minimum Gasteiger partial charge on any atom is -0.462 e. The molecule has 0 aromatic carbocycles. The molecule has 1 aromatic heterocycles. The molecule has 2 N–H and O–H groups in total. The molecule has 7 nitrogen and oxygen atoms in total. The van der Waals surface area contributed by atoms with E-state index in [1.165, 1.54) is 24.2 Å². The lowest BCUT2D eigenvalue weighted by molar-refractivity contribution is 0.0531. The first-order chi connectivity index (χ1) is 12.4. The fourth-order valence-corrected chi connectivity index (χ4v) is 3.92. The monoisotopic (exact) mass is 381 g/mol. The highest BCUT2D eigenvalue weighted by Crippen LogP contribution is 2.24. The van der Waals surface area contributed by atoms with Gasteiger partial charge in [-0.05, 0) is 59.7 Å². The molecule has 1 unspecified atom stereocenters. The maximum Gasteiger partial charge on any atom is 0.350 e. The van der Waals surface area contributed by atoms with Crippen LogP contribution in [0.3, 0.4) is 0 Å². The summed E-state index contributed by atoms with van der Waals surface area (Å²) >= 11 is 1.38. The Balaban J connectivity index is 1.89. The molecule has 1 aromatic rings. The molecular weight excluding hydrogens is 350 g/mol. The number of hydrogen-bond donors (Lipinski definition) is 2. The molecule has 0 spiro atoms. The van der Waals surface area contributed by atoms with E-state index in [9.17, 15) is 4.79 Å². The lowest BCUT2D eigenvalue weighted by Crippen LogP contribution is -2.43. The summed E-state index contributed by atoms with van der Waals surface area (Å²) in [5.41, 5.74) is 0.714. The van der Waals surface area contributed by atoms with Crippen LogP contribution in [0.1, 0.15) is 53.1 Å². The predicted octanol–water partition coefficient (Wildman–Crippen LogP) is 2.20. The van der Waals surface area contributed by atoms with Crippen molar-refractivity contribution in [2.45, 2.75) is 39.7 Å². The van der Waals surface area contributed by atoms with Crippen molar-refractivity contribution < 1.29 is 9.53 Å². The number of aromatic nitrogens is 1. The van der Waals surface area contributed by atoms with Crippen molar-refractivity contribution in [3.05, 3.63) is 15.6 Å². The molecule has 0 aliphatic carbocycles. The normalized spacial score (nSPS) is 17.8. The summed E-state index contributed by atoms with van der Waals surface area (Å²) in [6.07, 6.45) is 2.43. The smallest absolute Gasteiger partial charge is 0.350 e. The zero-order chi connectivity index (χ0) is 19.1. The van der Waals surface area contributed by atoms with Crippen LogP contribution in [0, 0.1) is 12.8 Å². The molecule has 0 amide bonds. The molecule has 0 bridgehead atoms. The minimum atomic E-state index is -0.300. The number of hydrogen-bond acceptors (Lipinski definition) is 6. The Labute approximate surface area is 160 Å². The number of carbonyl (C=O) groups excluding carboxylic acids is 1. The number of likely N-dealkylation sites (tertiary alicyclic amines) is 1. The van der Waals surface area contributed by atoms with Gasteiger partial charge in [0.2, 0.25) is 0 Å². The number of aryl methyl sites for hydroxylation is 1. The van der Waals surface area contributed by atoms with Gasteiger partial charge in [-0.2, -0.15) is 0 Å². The summed E-state index contributed by atoms with van der Waals surface area (Å²) in [6, 6.07) is -0.0365. The van der Waals surface area contributed by atoms with Gasteiger partial charge in [0, 0.05) is 13.6 Å². The molecule has 1 aliphatic heterocycles. The summed E-state index contributed by atoms with van der Waals surface area (Å²) < 4.78 is 5.09. The largest absolute Gasteiger partial charge is 0.462 e. The molecule has 8 heteroatoms. The summed E-state index contributed by atoms with van der Waals surface area (Å²) in [6.45, 7) is 9.27. The Kier molecular flexibility index (Phi) is 7.84. The van der Waals surface area contributed by atoms with E-state index in [0.29, 0.717) is 23.1 Å². The van der Waals surface area contributed by atoms with Gasteiger partial charge in [0.25, 0.3) is 0 Å². The third kappa shape index (κ3) is 5.67. The first kappa shape index (κ1) is 20.6. The van der Waals surface area contributed by atoms with Gasteiger partial charge in [0.15, 0.2) is 5.96 Å². The lowest BCUT2D eigenvalue weighted by Gasteiger charge is -2.29. The van der Waals surface area contributed by atoms with Gasteiger partial charge in [-0.3, -0.25) is 4.99 Å². The van der Waals surface area contributed by atoms with Gasteiger partial charge in [-0.15, -0.1) is 11.3 Å². The minimum absolute atomic E-state index is 0.0365. The molecule has 1 fully saturated rings. The van der Waals surface area contributed by atoms with E-state index in [-0.39, 0.29) is 12.0 Å². The van der Waals surface area contributed by atoms with Gasteiger partial charge in [-0.25, -0.2) is 9.78 Å². The average Bonchev–Trinajstić information content (AvgIpc) is 3.02. The molecule has 0 radical (unpaired) electrons. The first-order valence-corrected chi connectivity index (χ1v) is 10.1. The van der Waals surface area contributed by atoms with Gasteiger partial charge in [0.05, 0.1) is 18.3 Å². The summed E-state index contributed by atoms with van der Waals surface area (Å²) in [5.74, 6) is 1.14. The standard InChI is InChI=1S/C18H31N5O2S/c1-6-25-17(24)15-12(2)21-16(26-15)13(3)22-18(19-4)20-11-14-7-9-23(5)10-8-14/h13-14H,6-11H2,1-5H3,(H2,19,20,22). The zero-order valence-electron chi connectivity index (χ0n) is 16.5. The number of guanidine groups is 1. The van der Waals surface area contributed by atoms with Crippen molar-refractivity contribution in [2.24, 2.45) is 10.9 Å². The Hall–Kier alpha value is -1.67. The van der Waals surface area contributed by atoms with E-state index < -0.39 is 0 Å². The SMILES string of the molecule is CCOC(=O)c1sc(C(C)NC(=NC)NCC2CCN(C)CC2)nc1C. The fourth-order valence-electron chi connectivity index (χ4n) is 2.96. The Morgan fingerprint density at radius 3 is 2.77 bits per heavy atom. The first-order valence-electron chi connectivity index (χ1n) is 9.24. The highest BCUT2D eigenvalue weighted by molar-refractivity contribution is 7.13. The predicted molar refractivity (Wildman–Crippen MR) is 106 cm³/mol. The Morgan fingerprint density at radius 1 is 1.46 bits per heavy atom. The van der Waals surface area contributed by atoms with E-state index in [0.717, 1.165) is 30.6 Å². The molecule has 1 atom stereocenters. The molecule has 2 rings (SSSR count). The second-order valence-electron chi connectivity index (χ2n) is 6.75. The summed E-state index contributed by atoms with van der Waals surface area (Å²) in [4.78, 5) is 23.8. The van der Waals surface area contributed by atoms with E-state index in [4.69, 9.17) is 4.74 Å². The second kappa shape index (κ2) is 9.87.